The quantitative estimate of drug-likeness (QED) is 0.687. The number of amides is 1. The van der Waals surface area contributed by atoms with Gasteiger partial charge in [-0.15, -0.1) is 10.2 Å². The predicted octanol–water partition coefficient (Wildman–Crippen LogP) is 4.22. The molecule has 0 bridgehead atoms. The highest BCUT2D eigenvalue weighted by Crippen LogP contribution is 2.25. The number of carbonyl (C=O) groups is 1. The van der Waals surface area contributed by atoms with Crippen molar-refractivity contribution in [3.05, 3.63) is 77.5 Å². The Morgan fingerprint density at radius 3 is 2.48 bits per heavy atom. The van der Waals surface area contributed by atoms with Crippen LogP contribution in [-0.4, -0.2) is 23.2 Å². The zero-order valence-electron chi connectivity index (χ0n) is 15.6. The van der Waals surface area contributed by atoms with Gasteiger partial charge in [0, 0.05) is 6.04 Å². The van der Waals surface area contributed by atoms with Gasteiger partial charge >= 0.3 is 0 Å². The molecule has 6 heteroatoms. The first-order chi connectivity index (χ1) is 13.1. The van der Waals surface area contributed by atoms with E-state index in [1.807, 2.05) is 62.4 Å². The van der Waals surface area contributed by atoms with Crippen molar-refractivity contribution in [1.82, 2.24) is 10.2 Å². The molecule has 0 fully saturated rings. The summed E-state index contributed by atoms with van der Waals surface area (Å²) in [5.41, 5.74) is 3.00. The van der Waals surface area contributed by atoms with Crippen LogP contribution in [0.25, 0.3) is 0 Å². The van der Waals surface area contributed by atoms with Crippen LogP contribution in [0.15, 0.2) is 60.7 Å². The van der Waals surface area contributed by atoms with E-state index in [1.54, 1.807) is 19.2 Å². The Bertz CT molecular complexity index is 911. The monoisotopic (exact) mass is 362 g/mol. The minimum absolute atomic E-state index is 0.0803. The van der Waals surface area contributed by atoms with E-state index in [0.717, 1.165) is 11.1 Å². The molecule has 0 saturated heterocycles. The molecule has 1 unspecified atom stereocenters. The van der Waals surface area contributed by atoms with Crippen LogP contribution in [0.2, 0.25) is 0 Å². The van der Waals surface area contributed by atoms with Crippen LogP contribution in [0.5, 0.6) is 5.75 Å². The second-order valence-electron chi connectivity index (χ2n) is 6.24. The lowest BCUT2D eigenvalue weighted by Crippen LogP contribution is -2.16. The smallest absolute Gasteiger partial charge is 0.276 e. The first-order valence-corrected chi connectivity index (χ1v) is 8.68. The van der Waals surface area contributed by atoms with Gasteiger partial charge in [0.05, 0.1) is 12.8 Å². The summed E-state index contributed by atoms with van der Waals surface area (Å²) in [6.45, 7) is 3.99. The number of aromatic nitrogens is 2. The molecule has 3 rings (SSSR count). The summed E-state index contributed by atoms with van der Waals surface area (Å²) < 4.78 is 5.28. The molecule has 1 amide bonds. The van der Waals surface area contributed by atoms with E-state index < -0.39 is 0 Å². The summed E-state index contributed by atoms with van der Waals surface area (Å²) in [5, 5.41) is 14.2. The van der Waals surface area contributed by atoms with Crippen molar-refractivity contribution in [2.75, 3.05) is 17.7 Å². The lowest BCUT2D eigenvalue weighted by atomic mass is 10.1. The summed E-state index contributed by atoms with van der Waals surface area (Å²) in [4.78, 5) is 12.5. The Kier molecular flexibility index (Phi) is 5.66. The second kappa shape index (κ2) is 8.31. The topological polar surface area (TPSA) is 76.1 Å². The van der Waals surface area contributed by atoms with Crippen LogP contribution < -0.4 is 15.4 Å². The largest absolute Gasteiger partial charge is 0.495 e. The van der Waals surface area contributed by atoms with Gasteiger partial charge in [0.1, 0.15) is 11.6 Å². The van der Waals surface area contributed by atoms with Gasteiger partial charge in [-0.05, 0) is 49.2 Å². The van der Waals surface area contributed by atoms with Crippen molar-refractivity contribution in [1.29, 1.82) is 0 Å². The first-order valence-electron chi connectivity index (χ1n) is 8.68. The Hall–Kier alpha value is -3.41. The molecule has 138 valence electrons. The number of anilines is 2. The number of hydrogen-bond donors (Lipinski definition) is 2. The molecule has 0 radical (unpaired) electrons. The average Bonchev–Trinajstić information content (AvgIpc) is 2.69. The van der Waals surface area contributed by atoms with E-state index in [1.165, 1.54) is 0 Å². The SMILES string of the molecule is COc1ccc(C)cc1NC(=O)c1ccc(NC(C)c2ccccc2)nn1. The number of aryl methyl sites for hydroxylation is 1. The van der Waals surface area contributed by atoms with Crippen LogP contribution in [0.4, 0.5) is 11.5 Å². The molecular formula is C21H22N4O2. The Morgan fingerprint density at radius 2 is 1.81 bits per heavy atom. The fourth-order valence-electron chi connectivity index (χ4n) is 2.68. The van der Waals surface area contributed by atoms with E-state index in [0.29, 0.717) is 17.3 Å². The number of nitrogens with zero attached hydrogens (tertiary/aromatic N) is 2. The van der Waals surface area contributed by atoms with E-state index in [-0.39, 0.29) is 17.6 Å². The van der Waals surface area contributed by atoms with Gasteiger partial charge in [-0.3, -0.25) is 4.79 Å². The number of methoxy groups -OCH3 is 1. The molecule has 0 aliphatic rings. The van der Waals surface area contributed by atoms with Gasteiger partial charge in [0.15, 0.2) is 5.69 Å². The lowest BCUT2D eigenvalue weighted by Gasteiger charge is -2.14. The van der Waals surface area contributed by atoms with Crippen molar-refractivity contribution < 1.29 is 9.53 Å². The van der Waals surface area contributed by atoms with Crippen molar-refractivity contribution in [2.24, 2.45) is 0 Å². The van der Waals surface area contributed by atoms with Crippen molar-refractivity contribution >= 4 is 17.4 Å². The fourth-order valence-corrected chi connectivity index (χ4v) is 2.68. The summed E-state index contributed by atoms with van der Waals surface area (Å²) in [6.07, 6.45) is 0. The number of benzene rings is 2. The average molecular weight is 362 g/mol. The summed E-state index contributed by atoms with van der Waals surface area (Å²) in [5.74, 6) is 0.863. The van der Waals surface area contributed by atoms with Gasteiger partial charge in [-0.1, -0.05) is 36.4 Å². The third-order valence-electron chi connectivity index (χ3n) is 4.16. The number of ether oxygens (including phenoxy) is 1. The fraction of sp³-hybridized carbons (Fsp3) is 0.190. The normalized spacial score (nSPS) is 11.5. The maximum absolute atomic E-state index is 12.5. The molecule has 2 aromatic carbocycles. The number of hydrogen-bond acceptors (Lipinski definition) is 5. The molecule has 0 aliphatic heterocycles. The number of nitrogens with one attached hydrogen (secondary N) is 2. The molecule has 6 nitrogen and oxygen atoms in total. The van der Waals surface area contributed by atoms with Gasteiger partial charge in [-0.25, -0.2) is 0 Å². The Labute approximate surface area is 158 Å². The van der Waals surface area contributed by atoms with Crippen LogP contribution in [0.1, 0.15) is 34.6 Å². The molecule has 1 aromatic heterocycles. The summed E-state index contributed by atoms with van der Waals surface area (Å²) in [6, 6.07) is 19.1. The van der Waals surface area contributed by atoms with Crippen molar-refractivity contribution in [2.45, 2.75) is 19.9 Å². The molecule has 0 spiro atoms. The van der Waals surface area contributed by atoms with Gasteiger partial charge in [0.2, 0.25) is 0 Å². The van der Waals surface area contributed by atoms with Crippen LogP contribution in [0.3, 0.4) is 0 Å². The van der Waals surface area contributed by atoms with Gasteiger partial charge in [0.25, 0.3) is 5.91 Å². The standard InChI is InChI=1S/C21H22N4O2/c1-14-9-11-19(27-3)18(13-14)23-21(26)17-10-12-20(25-24-17)22-15(2)16-7-5-4-6-8-16/h4-13,15H,1-3H3,(H,22,25)(H,23,26). The van der Waals surface area contributed by atoms with Crippen LogP contribution >= 0.6 is 0 Å². The van der Waals surface area contributed by atoms with Crippen molar-refractivity contribution in [3.63, 3.8) is 0 Å². The van der Waals surface area contributed by atoms with E-state index >= 15 is 0 Å². The van der Waals surface area contributed by atoms with E-state index in [9.17, 15) is 4.79 Å². The summed E-state index contributed by atoms with van der Waals surface area (Å²) >= 11 is 0. The maximum Gasteiger partial charge on any atom is 0.276 e. The predicted molar refractivity (Wildman–Crippen MR) is 106 cm³/mol. The third kappa shape index (κ3) is 4.61. The maximum atomic E-state index is 12.5. The summed E-state index contributed by atoms with van der Waals surface area (Å²) in [7, 11) is 1.56. The molecule has 0 saturated carbocycles. The van der Waals surface area contributed by atoms with E-state index in [4.69, 9.17) is 4.74 Å². The highest BCUT2D eigenvalue weighted by atomic mass is 16.5. The lowest BCUT2D eigenvalue weighted by molar-refractivity contribution is 0.102. The molecule has 0 aliphatic carbocycles. The van der Waals surface area contributed by atoms with Crippen LogP contribution in [-0.2, 0) is 0 Å². The third-order valence-corrected chi connectivity index (χ3v) is 4.16. The second-order valence-corrected chi connectivity index (χ2v) is 6.24. The van der Waals surface area contributed by atoms with E-state index in [2.05, 4.69) is 20.8 Å². The molecule has 2 N–H and O–H groups in total. The number of carbonyl (C=O) groups excluding carboxylic acids is 1. The Balaban J connectivity index is 1.68. The first kappa shape index (κ1) is 18.4. The zero-order valence-corrected chi connectivity index (χ0v) is 15.6. The molecule has 3 aromatic rings. The minimum atomic E-state index is -0.339. The highest BCUT2D eigenvalue weighted by molar-refractivity contribution is 6.03. The highest BCUT2D eigenvalue weighted by Gasteiger charge is 2.13. The Morgan fingerprint density at radius 1 is 1.04 bits per heavy atom. The van der Waals surface area contributed by atoms with Crippen LogP contribution in [0, 0.1) is 6.92 Å². The van der Waals surface area contributed by atoms with Gasteiger partial charge < -0.3 is 15.4 Å². The molecule has 1 atom stereocenters. The van der Waals surface area contributed by atoms with Gasteiger partial charge in [-0.2, -0.15) is 0 Å². The number of rotatable bonds is 6. The molecular weight excluding hydrogens is 340 g/mol. The van der Waals surface area contributed by atoms with Crippen molar-refractivity contribution in [3.8, 4) is 5.75 Å². The molecule has 27 heavy (non-hydrogen) atoms. The minimum Gasteiger partial charge on any atom is -0.495 e. The molecule has 1 heterocycles. The zero-order chi connectivity index (χ0) is 19.2.